The number of nitrogens with zero attached hydrogens (tertiary/aromatic N) is 1. The topological polar surface area (TPSA) is 50.2 Å². The van der Waals surface area contributed by atoms with Crippen molar-refractivity contribution >= 4 is 17.7 Å². The highest BCUT2D eigenvalue weighted by molar-refractivity contribution is 7.98. The maximum absolute atomic E-state index is 10.7. The molecule has 0 aliphatic carbocycles. The molecule has 1 N–H and O–H groups in total. The van der Waals surface area contributed by atoms with Gasteiger partial charge in [-0.2, -0.15) is 11.8 Å². The Hall–Kier alpha value is -1.03. The van der Waals surface area contributed by atoms with Gasteiger partial charge in [0.25, 0.3) is 0 Å². The van der Waals surface area contributed by atoms with Gasteiger partial charge in [-0.1, -0.05) is 0 Å². The van der Waals surface area contributed by atoms with Crippen LogP contribution in [0.4, 0.5) is 0 Å². The quantitative estimate of drug-likeness (QED) is 0.713. The van der Waals surface area contributed by atoms with Gasteiger partial charge in [0.15, 0.2) is 0 Å². The lowest BCUT2D eigenvalue weighted by Gasteiger charge is -2.00. The lowest BCUT2D eigenvalue weighted by molar-refractivity contribution is 0.0696. The predicted molar refractivity (Wildman–Crippen MR) is 46.2 cm³/mol. The Labute approximate surface area is 73.8 Å². The third-order valence-electron chi connectivity index (χ3n) is 1.86. The van der Waals surface area contributed by atoms with Crippen LogP contribution in [0.2, 0.25) is 0 Å². The number of carboxylic acid groups (broad SMARTS) is 1. The van der Waals surface area contributed by atoms with Crippen LogP contribution in [-0.4, -0.2) is 16.1 Å². The van der Waals surface area contributed by atoms with E-state index in [2.05, 4.69) is 4.98 Å². The van der Waals surface area contributed by atoms with Gasteiger partial charge in [0.2, 0.25) is 0 Å². The third-order valence-corrected chi connectivity index (χ3v) is 2.83. The summed E-state index contributed by atoms with van der Waals surface area (Å²) in [5, 5.41) is 8.81. The van der Waals surface area contributed by atoms with Crippen molar-refractivity contribution < 1.29 is 9.90 Å². The van der Waals surface area contributed by atoms with Gasteiger partial charge in [0.05, 0.1) is 11.3 Å². The van der Waals surface area contributed by atoms with Crippen LogP contribution in [0.1, 0.15) is 21.6 Å². The Kier molecular flexibility index (Phi) is 1.77. The number of pyridine rings is 1. The molecule has 1 aromatic heterocycles. The number of carboxylic acids is 1. The van der Waals surface area contributed by atoms with Crippen molar-refractivity contribution in [3.63, 3.8) is 0 Å². The maximum atomic E-state index is 10.7. The largest absolute Gasteiger partial charge is 0.478 e. The van der Waals surface area contributed by atoms with Gasteiger partial charge in [0, 0.05) is 17.7 Å². The van der Waals surface area contributed by atoms with E-state index in [1.54, 1.807) is 24.0 Å². The van der Waals surface area contributed by atoms with Crippen LogP contribution in [-0.2, 0) is 11.5 Å². The van der Waals surface area contributed by atoms with Crippen molar-refractivity contribution in [2.24, 2.45) is 0 Å². The van der Waals surface area contributed by atoms with Crippen molar-refractivity contribution in [3.8, 4) is 0 Å². The van der Waals surface area contributed by atoms with Crippen LogP contribution in [0.15, 0.2) is 12.3 Å². The molecule has 1 aliphatic heterocycles. The van der Waals surface area contributed by atoms with E-state index in [1.165, 1.54) is 0 Å². The monoisotopic (exact) mass is 181 g/mol. The SMILES string of the molecule is O=C(O)c1ccnc2c1CSC2. The molecule has 12 heavy (non-hydrogen) atoms. The second-order valence-corrected chi connectivity index (χ2v) is 3.57. The summed E-state index contributed by atoms with van der Waals surface area (Å²) in [6, 6.07) is 1.56. The molecule has 0 saturated carbocycles. The van der Waals surface area contributed by atoms with E-state index in [4.69, 9.17) is 5.11 Å². The minimum absolute atomic E-state index is 0.407. The van der Waals surface area contributed by atoms with E-state index >= 15 is 0 Å². The number of carbonyl (C=O) groups is 1. The molecule has 0 fully saturated rings. The summed E-state index contributed by atoms with van der Waals surface area (Å²) in [4.78, 5) is 14.8. The second kappa shape index (κ2) is 2.79. The Balaban J connectivity index is 2.56. The molecule has 0 spiro atoms. The normalized spacial score (nSPS) is 14.3. The first-order valence-corrected chi connectivity index (χ1v) is 4.72. The number of thioether (sulfide) groups is 1. The van der Waals surface area contributed by atoms with Gasteiger partial charge in [-0.3, -0.25) is 4.98 Å². The lowest BCUT2D eigenvalue weighted by Crippen LogP contribution is -2.02. The summed E-state index contributed by atoms with van der Waals surface area (Å²) in [6.07, 6.45) is 1.56. The highest BCUT2D eigenvalue weighted by atomic mass is 32.2. The molecule has 0 amide bonds. The first-order valence-electron chi connectivity index (χ1n) is 3.57. The summed E-state index contributed by atoms with van der Waals surface area (Å²) >= 11 is 1.71. The number of fused-ring (bicyclic) bond motifs is 1. The molecule has 0 bridgehead atoms. The van der Waals surface area contributed by atoms with E-state index in [9.17, 15) is 4.79 Å². The minimum atomic E-state index is -0.851. The van der Waals surface area contributed by atoms with Crippen LogP contribution in [0, 0.1) is 0 Å². The molecular weight excluding hydrogens is 174 g/mol. The molecule has 0 aromatic carbocycles. The van der Waals surface area contributed by atoms with Gasteiger partial charge in [0.1, 0.15) is 0 Å². The predicted octanol–water partition coefficient (Wildman–Crippen LogP) is 1.53. The summed E-state index contributed by atoms with van der Waals surface area (Å²) in [5.41, 5.74) is 2.24. The van der Waals surface area contributed by atoms with E-state index in [0.29, 0.717) is 5.56 Å². The van der Waals surface area contributed by atoms with E-state index in [0.717, 1.165) is 22.8 Å². The second-order valence-electron chi connectivity index (χ2n) is 2.58. The third kappa shape index (κ3) is 1.08. The van der Waals surface area contributed by atoms with Gasteiger partial charge < -0.3 is 5.11 Å². The molecule has 2 rings (SSSR count). The molecule has 62 valence electrons. The molecule has 2 heterocycles. The number of rotatable bonds is 1. The molecule has 1 aliphatic rings. The highest BCUT2D eigenvalue weighted by Crippen LogP contribution is 2.30. The fourth-order valence-corrected chi connectivity index (χ4v) is 2.34. The summed E-state index contributed by atoms with van der Waals surface area (Å²) < 4.78 is 0. The minimum Gasteiger partial charge on any atom is -0.478 e. The smallest absolute Gasteiger partial charge is 0.336 e. The molecule has 3 nitrogen and oxygen atoms in total. The molecule has 0 saturated heterocycles. The molecule has 0 unspecified atom stereocenters. The molecule has 1 aromatic rings. The first-order chi connectivity index (χ1) is 5.79. The Bertz CT molecular complexity index is 338. The van der Waals surface area contributed by atoms with E-state index in [-0.39, 0.29) is 0 Å². The maximum Gasteiger partial charge on any atom is 0.336 e. The van der Waals surface area contributed by atoms with Crippen molar-refractivity contribution in [2.75, 3.05) is 0 Å². The van der Waals surface area contributed by atoms with Crippen molar-refractivity contribution in [1.82, 2.24) is 4.98 Å². The van der Waals surface area contributed by atoms with Crippen molar-refractivity contribution in [2.45, 2.75) is 11.5 Å². The Morgan fingerprint density at radius 3 is 3.17 bits per heavy atom. The zero-order chi connectivity index (χ0) is 8.55. The standard InChI is InChI=1S/C8H7NO2S/c10-8(11)5-1-2-9-7-4-12-3-6(5)7/h1-2H,3-4H2,(H,10,11). The number of aromatic nitrogens is 1. The zero-order valence-electron chi connectivity index (χ0n) is 6.28. The van der Waals surface area contributed by atoms with Gasteiger partial charge >= 0.3 is 5.97 Å². The summed E-state index contributed by atoms with van der Waals surface area (Å²) in [7, 11) is 0. The Morgan fingerprint density at radius 2 is 2.42 bits per heavy atom. The Morgan fingerprint density at radius 1 is 1.58 bits per heavy atom. The molecule has 0 radical (unpaired) electrons. The molecular formula is C8H7NO2S. The zero-order valence-corrected chi connectivity index (χ0v) is 7.10. The summed E-state index contributed by atoms with van der Waals surface area (Å²) in [6.45, 7) is 0. The first kappa shape index (κ1) is 7.61. The fraction of sp³-hybridized carbons (Fsp3) is 0.250. The van der Waals surface area contributed by atoms with E-state index in [1.807, 2.05) is 0 Å². The van der Waals surface area contributed by atoms with Gasteiger partial charge in [-0.15, -0.1) is 0 Å². The number of aromatic carboxylic acids is 1. The van der Waals surface area contributed by atoms with Gasteiger partial charge in [-0.25, -0.2) is 4.79 Å². The van der Waals surface area contributed by atoms with Gasteiger partial charge in [-0.05, 0) is 11.6 Å². The molecule has 4 heteroatoms. The lowest BCUT2D eigenvalue weighted by atomic mass is 10.1. The highest BCUT2D eigenvalue weighted by Gasteiger charge is 2.19. The van der Waals surface area contributed by atoms with Crippen LogP contribution in [0.25, 0.3) is 0 Å². The van der Waals surface area contributed by atoms with Crippen LogP contribution >= 0.6 is 11.8 Å². The molecule has 0 atom stereocenters. The van der Waals surface area contributed by atoms with Crippen molar-refractivity contribution in [3.05, 3.63) is 29.1 Å². The number of hydrogen-bond donors (Lipinski definition) is 1. The van der Waals surface area contributed by atoms with Crippen molar-refractivity contribution in [1.29, 1.82) is 0 Å². The summed E-state index contributed by atoms with van der Waals surface area (Å²) in [5.74, 6) is 0.775. The van der Waals surface area contributed by atoms with Crippen LogP contribution < -0.4 is 0 Å². The van der Waals surface area contributed by atoms with Crippen LogP contribution in [0.5, 0.6) is 0 Å². The van der Waals surface area contributed by atoms with E-state index < -0.39 is 5.97 Å². The number of hydrogen-bond acceptors (Lipinski definition) is 3. The average molecular weight is 181 g/mol. The fourth-order valence-electron chi connectivity index (χ4n) is 1.27. The average Bonchev–Trinajstić information content (AvgIpc) is 2.49. The van der Waals surface area contributed by atoms with Crippen LogP contribution in [0.3, 0.4) is 0 Å².